The first-order chi connectivity index (χ1) is 7.54. The predicted octanol–water partition coefficient (Wildman–Crippen LogP) is -0.169. The molecule has 0 aromatic rings. The summed E-state index contributed by atoms with van der Waals surface area (Å²) in [6, 6.07) is 0. The Morgan fingerprint density at radius 1 is 1.29 bits per heavy atom. The number of carbonyl (C=O) groups excluding carboxylic acids is 2. The van der Waals surface area contributed by atoms with Crippen molar-refractivity contribution in [1.29, 1.82) is 0 Å². The van der Waals surface area contributed by atoms with E-state index in [9.17, 15) is 18.0 Å². The highest BCUT2D eigenvalue weighted by molar-refractivity contribution is 7.92. The number of hydrogen-bond donors (Lipinski definition) is 0. The Bertz CT molecular complexity index is 399. The van der Waals surface area contributed by atoms with Crippen molar-refractivity contribution in [3.8, 4) is 0 Å². The molecule has 7 heteroatoms. The van der Waals surface area contributed by atoms with Crippen molar-refractivity contribution in [2.45, 2.75) is 25.5 Å². The second-order valence-electron chi connectivity index (χ2n) is 4.25. The highest BCUT2D eigenvalue weighted by Gasteiger charge is 2.40. The summed E-state index contributed by atoms with van der Waals surface area (Å²) in [7, 11) is -2.17. The van der Waals surface area contributed by atoms with Crippen LogP contribution in [0, 0.1) is 0 Å². The van der Waals surface area contributed by atoms with Crippen LogP contribution >= 0.6 is 0 Å². The molecule has 0 unspecified atom stereocenters. The third-order valence-corrected chi connectivity index (χ3v) is 4.49. The SMILES string of the molecule is CCOC(=O)CN(C)C(=O)C(C)(C)S(C)(=O)=O. The van der Waals surface area contributed by atoms with Gasteiger partial charge in [0.25, 0.3) is 0 Å². The molecule has 0 spiro atoms. The first kappa shape index (κ1) is 15.9. The fourth-order valence-electron chi connectivity index (χ4n) is 1.09. The quantitative estimate of drug-likeness (QED) is 0.645. The topological polar surface area (TPSA) is 80.8 Å². The molecule has 0 radical (unpaired) electrons. The van der Waals surface area contributed by atoms with Gasteiger partial charge in [0.1, 0.15) is 11.3 Å². The molecule has 0 atom stereocenters. The molecule has 0 aliphatic heterocycles. The van der Waals surface area contributed by atoms with Gasteiger partial charge in [-0.05, 0) is 20.8 Å². The molecule has 0 aromatic heterocycles. The Morgan fingerprint density at radius 2 is 1.76 bits per heavy atom. The van der Waals surface area contributed by atoms with Gasteiger partial charge in [0.2, 0.25) is 5.91 Å². The third kappa shape index (κ3) is 3.99. The van der Waals surface area contributed by atoms with Gasteiger partial charge >= 0.3 is 5.97 Å². The summed E-state index contributed by atoms with van der Waals surface area (Å²) in [5.74, 6) is -1.19. The van der Waals surface area contributed by atoms with Crippen molar-refractivity contribution in [2.75, 3.05) is 26.5 Å². The van der Waals surface area contributed by atoms with Crippen LogP contribution in [0.15, 0.2) is 0 Å². The van der Waals surface area contributed by atoms with Crippen molar-refractivity contribution in [3.63, 3.8) is 0 Å². The Balaban J connectivity index is 4.78. The number of ether oxygens (including phenoxy) is 1. The molecule has 0 saturated carbocycles. The lowest BCUT2D eigenvalue weighted by Gasteiger charge is -2.27. The normalized spacial score (nSPS) is 12.1. The number of hydrogen-bond acceptors (Lipinski definition) is 5. The standard InChI is InChI=1S/C10H19NO5S/c1-6-16-8(12)7-11(4)9(13)10(2,3)17(5,14)15/h6-7H2,1-5H3. The average molecular weight is 265 g/mol. The zero-order valence-electron chi connectivity index (χ0n) is 10.8. The minimum atomic E-state index is -3.54. The first-order valence-corrected chi connectivity index (χ1v) is 7.04. The first-order valence-electron chi connectivity index (χ1n) is 5.14. The molecule has 0 fully saturated rings. The molecule has 100 valence electrons. The molecule has 0 heterocycles. The van der Waals surface area contributed by atoms with Gasteiger partial charge in [0.15, 0.2) is 9.84 Å². The van der Waals surface area contributed by atoms with E-state index in [0.29, 0.717) is 0 Å². The van der Waals surface area contributed by atoms with Gasteiger partial charge in [-0.15, -0.1) is 0 Å². The molecule has 1 amide bonds. The summed E-state index contributed by atoms with van der Waals surface area (Å²) in [4.78, 5) is 24.1. The van der Waals surface area contributed by atoms with E-state index in [1.54, 1.807) is 6.92 Å². The Hall–Kier alpha value is -1.11. The number of esters is 1. The number of nitrogens with zero attached hydrogens (tertiary/aromatic N) is 1. The smallest absolute Gasteiger partial charge is 0.325 e. The van der Waals surface area contributed by atoms with E-state index in [1.807, 2.05) is 0 Å². The van der Waals surface area contributed by atoms with E-state index in [0.717, 1.165) is 11.2 Å². The van der Waals surface area contributed by atoms with Crippen LogP contribution < -0.4 is 0 Å². The van der Waals surface area contributed by atoms with Crippen LogP contribution in [-0.2, 0) is 24.2 Å². The maximum atomic E-state index is 11.9. The summed E-state index contributed by atoms with van der Waals surface area (Å²) < 4.78 is 26.0. The zero-order valence-corrected chi connectivity index (χ0v) is 11.6. The third-order valence-electron chi connectivity index (χ3n) is 2.46. The van der Waals surface area contributed by atoms with Gasteiger partial charge in [-0.25, -0.2) is 8.42 Å². The maximum Gasteiger partial charge on any atom is 0.325 e. The highest BCUT2D eigenvalue weighted by Crippen LogP contribution is 2.17. The van der Waals surface area contributed by atoms with Crippen LogP contribution in [0.4, 0.5) is 0 Å². The summed E-state index contributed by atoms with van der Waals surface area (Å²) in [6.07, 6.45) is 0.989. The van der Waals surface area contributed by atoms with Crippen LogP contribution in [0.2, 0.25) is 0 Å². The van der Waals surface area contributed by atoms with Crippen LogP contribution in [-0.4, -0.2) is 56.4 Å². The fraction of sp³-hybridized carbons (Fsp3) is 0.800. The zero-order chi connectivity index (χ0) is 13.9. The summed E-state index contributed by atoms with van der Waals surface area (Å²) in [5, 5.41) is 0. The van der Waals surface area contributed by atoms with E-state index in [2.05, 4.69) is 4.74 Å². The van der Waals surface area contributed by atoms with Gasteiger partial charge in [-0.1, -0.05) is 0 Å². The molecule has 6 nitrogen and oxygen atoms in total. The van der Waals surface area contributed by atoms with Gasteiger partial charge in [-0.2, -0.15) is 0 Å². The van der Waals surface area contributed by atoms with Crippen molar-refractivity contribution in [2.24, 2.45) is 0 Å². The van der Waals surface area contributed by atoms with Crippen molar-refractivity contribution in [1.82, 2.24) is 4.90 Å². The summed E-state index contributed by atoms with van der Waals surface area (Å²) in [6.45, 7) is 4.24. The van der Waals surface area contributed by atoms with E-state index in [-0.39, 0.29) is 13.2 Å². The summed E-state index contributed by atoms with van der Waals surface area (Å²) >= 11 is 0. The van der Waals surface area contributed by atoms with Gasteiger partial charge in [-0.3, -0.25) is 9.59 Å². The molecule has 0 aromatic carbocycles. The lowest BCUT2D eigenvalue weighted by Crippen LogP contribution is -2.49. The average Bonchev–Trinajstić information content (AvgIpc) is 2.14. The van der Waals surface area contributed by atoms with E-state index in [4.69, 9.17) is 0 Å². The van der Waals surface area contributed by atoms with Crippen LogP contribution in [0.5, 0.6) is 0 Å². The molecule has 0 saturated heterocycles. The van der Waals surface area contributed by atoms with Crippen LogP contribution in [0.25, 0.3) is 0 Å². The lowest BCUT2D eigenvalue weighted by atomic mass is 10.2. The number of amides is 1. The molecule has 0 aliphatic rings. The van der Waals surface area contributed by atoms with Crippen LogP contribution in [0.3, 0.4) is 0 Å². The van der Waals surface area contributed by atoms with E-state index in [1.165, 1.54) is 20.9 Å². The number of likely N-dealkylation sites (N-methyl/N-ethyl adjacent to an activating group) is 1. The Kier molecular flexibility index (Phi) is 5.12. The second-order valence-corrected chi connectivity index (χ2v) is 6.81. The summed E-state index contributed by atoms with van der Waals surface area (Å²) in [5.41, 5.74) is 0. The minimum Gasteiger partial charge on any atom is -0.465 e. The molecular formula is C10H19NO5S. The van der Waals surface area contributed by atoms with Gasteiger partial charge in [0, 0.05) is 13.3 Å². The largest absolute Gasteiger partial charge is 0.465 e. The molecule has 0 N–H and O–H groups in total. The monoisotopic (exact) mass is 265 g/mol. The maximum absolute atomic E-state index is 11.9. The minimum absolute atomic E-state index is 0.219. The van der Waals surface area contributed by atoms with E-state index >= 15 is 0 Å². The number of rotatable bonds is 5. The highest BCUT2D eigenvalue weighted by atomic mass is 32.2. The van der Waals surface area contributed by atoms with E-state index < -0.39 is 26.5 Å². The number of sulfone groups is 1. The Morgan fingerprint density at radius 3 is 2.12 bits per heavy atom. The van der Waals surface area contributed by atoms with Gasteiger partial charge < -0.3 is 9.64 Å². The van der Waals surface area contributed by atoms with Crippen molar-refractivity contribution < 1.29 is 22.7 Å². The molecule has 0 rings (SSSR count). The predicted molar refractivity (Wildman–Crippen MR) is 63.2 cm³/mol. The lowest BCUT2D eigenvalue weighted by molar-refractivity contribution is -0.148. The Labute approximate surface area is 102 Å². The van der Waals surface area contributed by atoms with Crippen molar-refractivity contribution in [3.05, 3.63) is 0 Å². The number of carbonyl (C=O) groups is 2. The second kappa shape index (κ2) is 5.48. The molecule has 17 heavy (non-hydrogen) atoms. The van der Waals surface area contributed by atoms with Gasteiger partial charge in [0.05, 0.1) is 6.61 Å². The fourth-order valence-corrected chi connectivity index (χ4v) is 1.56. The molecule has 0 bridgehead atoms. The van der Waals surface area contributed by atoms with Crippen molar-refractivity contribution >= 4 is 21.7 Å². The molecule has 0 aliphatic carbocycles. The van der Waals surface area contributed by atoms with Crippen LogP contribution in [0.1, 0.15) is 20.8 Å². The molecular weight excluding hydrogens is 246 g/mol.